The molecule has 0 bridgehead atoms. The third-order valence-electron chi connectivity index (χ3n) is 3.53. The zero-order valence-corrected chi connectivity index (χ0v) is 13.3. The largest absolute Gasteiger partial charge is 0.291 e. The lowest BCUT2D eigenvalue weighted by atomic mass is 10.1. The molecule has 0 atom stereocenters. The molecule has 2 aromatic heterocycles. The molecule has 23 heavy (non-hydrogen) atoms. The minimum atomic E-state index is -0.0784. The summed E-state index contributed by atoms with van der Waals surface area (Å²) >= 11 is 0. The lowest BCUT2D eigenvalue weighted by Crippen LogP contribution is -2.24. The molecule has 0 aliphatic heterocycles. The second-order valence-electron chi connectivity index (χ2n) is 5.86. The van der Waals surface area contributed by atoms with Gasteiger partial charge < -0.3 is 0 Å². The summed E-state index contributed by atoms with van der Waals surface area (Å²) in [5.41, 5.74) is 1.37. The molecule has 0 saturated carbocycles. The number of hydrogen-bond acceptors (Lipinski definition) is 4. The summed E-state index contributed by atoms with van der Waals surface area (Å²) < 4.78 is 3.41. The smallest absolute Gasteiger partial charge is 0.261 e. The topological polar surface area (TPSA) is 65.6 Å². The number of hydrogen-bond donors (Lipinski definition) is 0. The van der Waals surface area contributed by atoms with Crippen molar-refractivity contribution in [3.05, 3.63) is 65.4 Å². The summed E-state index contributed by atoms with van der Waals surface area (Å²) in [6, 6.07) is 9.55. The Bertz CT molecular complexity index is 835. The third-order valence-corrected chi connectivity index (χ3v) is 3.53. The van der Waals surface area contributed by atoms with Crippen molar-refractivity contribution in [2.45, 2.75) is 26.9 Å². The van der Waals surface area contributed by atoms with E-state index < -0.39 is 0 Å². The molecule has 0 unspecified atom stereocenters. The highest BCUT2D eigenvalue weighted by Gasteiger charge is 2.11. The van der Waals surface area contributed by atoms with Crippen LogP contribution in [0.5, 0.6) is 0 Å². The molecule has 2 heterocycles. The molecule has 0 aliphatic rings. The van der Waals surface area contributed by atoms with Crippen LogP contribution in [0, 0.1) is 5.92 Å². The fourth-order valence-electron chi connectivity index (χ4n) is 2.44. The molecule has 0 saturated heterocycles. The van der Waals surface area contributed by atoms with E-state index in [1.807, 2.05) is 35.0 Å². The van der Waals surface area contributed by atoms with Crippen molar-refractivity contribution in [1.82, 2.24) is 24.3 Å². The highest BCUT2D eigenvalue weighted by Crippen LogP contribution is 2.13. The van der Waals surface area contributed by atoms with Gasteiger partial charge in [-0.1, -0.05) is 44.2 Å². The Balaban J connectivity index is 1.93. The van der Waals surface area contributed by atoms with Crippen molar-refractivity contribution in [2.75, 3.05) is 0 Å². The van der Waals surface area contributed by atoms with Gasteiger partial charge in [0.1, 0.15) is 12.2 Å². The molecular weight excluding hydrogens is 290 g/mol. The fraction of sp³-hybridized carbons (Fsp3) is 0.294. The quantitative estimate of drug-likeness (QED) is 0.725. The lowest BCUT2D eigenvalue weighted by Gasteiger charge is -2.10. The Morgan fingerprint density at radius 2 is 1.96 bits per heavy atom. The Morgan fingerprint density at radius 1 is 1.17 bits per heavy atom. The van der Waals surface area contributed by atoms with E-state index in [0.717, 1.165) is 17.9 Å². The Kier molecular flexibility index (Phi) is 4.32. The minimum Gasteiger partial charge on any atom is -0.291 e. The van der Waals surface area contributed by atoms with Crippen molar-refractivity contribution < 1.29 is 0 Å². The van der Waals surface area contributed by atoms with Crippen molar-refractivity contribution in [2.24, 2.45) is 5.92 Å². The molecule has 6 heteroatoms. The van der Waals surface area contributed by atoms with Crippen LogP contribution in [-0.2, 0) is 13.1 Å². The van der Waals surface area contributed by atoms with Crippen LogP contribution in [0.15, 0.2) is 54.0 Å². The van der Waals surface area contributed by atoms with Gasteiger partial charge in [-0.25, -0.2) is 14.6 Å². The third kappa shape index (κ3) is 3.36. The summed E-state index contributed by atoms with van der Waals surface area (Å²) in [6.07, 6.45) is 4.67. The normalized spacial score (nSPS) is 11.1. The zero-order chi connectivity index (χ0) is 16.2. The van der Waals surface area contributed by atoms with Crippen LogP contribution in [-0.4, -0.2) is 24.3 Å². The van der Waals surface area contributed by atoms with E-state index in [4.69, 9.17) is 0 Å². The van der Waals surface area contributed by atoms with Crippen LogP contribution >= 0.6 is 0 Å². The summed E-state index contributed by atoms with van der Waals surface area (Å²) in [6.45, 7) is 5.37. The molecule has 0 fully saturated rings. The number of benzene rings is 1. The molecule has 0 N–H and O–H groups in total. The van der Waals surface area contributed by atoms with Crippen LogP contribution in [0.1, 0.15) is 19.7 Å². The first kappa shape index (κ1) is 15.1. The van der Waals surface area contributed by atoms with Gasteiger partial charge in [-0.2, -0.15) is 5.10 Å². The van der Waals surface area contributed by atoms with Gasteiger partial charge in [0.2, 0.25) is 0 Å². The molecule has 6 nitrogen and oxygen atoms in total. The SMILES string of the molecule is CC(C)Cn1ncnc1Cn1cncc(-c2ccccc2)c1=O. The Hall–Kier alpha value is -2.76. The number of aromatic nitrogens is 5. The highest BCUT2D eigenvalue weighted by atomic mass is 16.1. The van der Waals surface area contributed by atoms with Crippen LogP contribution < -0.4 is 5.56 Å². The average Bonchev–Trinajstić information content (AvgIpc) is 2.96. The molecule has 1 aromatic carbocycles. The van der Waals surface area contributed by atoms with E-state index in [0.29, 0.717) is 18.0 Å². The van der Waals surface area contributed by atoms with Crippen LogP contribution in [0.4, 0.5) is 0 Å². The summed E-state index contributed by atoms with van der Waals surface area (Å²) in [7, 11) is 0. The molecule has 0 amide bonds. The van der Waals surface area contributed by atoms with Gasteiger partial charge in [0.15, 0.2) is 0 Å². The molecule has 3 aromatic rings. The molecule has 3 rings (SSSR count). The van der Waals surface area contributed by atoms with Gasteiger partial charge in [0.25, 0.3) is 5.56 Å². The summed E-state index contributed by atoms with van der Waals surface area (Å²) in [5, 5.41) is 4.23. The summed E-state index contributed by atoms with van der Waals surface area (Å²) in [4.78, 5) is 21.2. The van der Waals surface area contributed by atoms with Crippen molar-refractivity contribution in [1.29, 1.82) is 0 Å². The number of rotatable bonds is 5. The van der Waals surface area contributed by atoms with Crippen LogP contribution in [0.3, 0.4) is 0 Å². The van der Waals surface area contributed by atoms with E-state index >= 15 is 0 Å². The van der Waals surface area contributed by atoms with Crippen LogP contribution in [0.25, 0.3) is 11.1 Å². The van der Waals surface area contributed by atoms with E-state index in [1.165, 1.54) is 6.33 Å². The van der Waals surface area contributed by atoms with E-state index in [-0.39, 0.29) is 5.56 Å². The summed E-state index contributed by atoms with van der Waals surface area (Å²) in [5.74, 6) is 1.22. The first-order valence-corrected chi connectivity index (χ1v) is 7.61. The molecule has 118 valence electrons. The highest BCUT2D eigenvalue weighted by molar-refractivity contribution is 5.60. The lowest BCUT2D eigenvalue weighted by molar-refractivity contribution is 0.459. The average molecular weight is 309 g/mol. The monoisotopic (exact) mass is 309 g/mol. The Labute approximate surface area is 134 Å². The number of nitrogens with zero attached hydrogens (tertiary/aromatic N) is 5. The first-order chi connectivity index (χ1) is 11.1. The maximum absolute atomic E-state index is 12.7. The molecule has 0 spiro atoms. The fourth-order valence-corrected chi connectivity index (χ4v) is 2.44. The van der Waals surface area contributed by atoms with Gasteiger partial charge in [-0.15, -0.1) is 0 Å². The maximum Gasteiger partial charge on any atom is 0.261 e. The van der Waals surface area contributed by atoms with Gasteiger partial charge in [0.05, 0.1) is 18.4 Å². The molecule has 0 aliphatic carbocycles. The maximum atomic E-state index is 12.7. The predicted octanol–water partition coefficient (Wildman–Crippen LogP) is 2.21. The van der Waals surface area contributed by atoms with Crippen molar-refractivity contribution >= 4 is 0 Å². The van der Waals surface area contributed by atoms with E-state index in [9.17, 15) is 4.79 Å². The van der Waals surface area contributed by atoms with Gasteiger partial charge >= 0.3 is 0 Å². The second-order valence-corrected chi connectivity index (χ2v) is 5.86. The molecule has 0 radical (unpaired) electrons. The van der Waals surface area contributed by atoms with Gasteiger partial charge in [-0.3, -0.25) is 9.36 Å². The second kappa shape index (κ2) is 6.56. The van der Waals surface area contributed by atoms with Gasteiger partial charge in [0, 0.05) is 12.7 Å². The first-order valence-electron chi connectivity index (χ1n) is 7.61. The van der Waals surface area contributed by atoms with Gasteiger partial charge in [-0.05, 0) is 11.5 Å². The van der Waals surface area contributed by atoms with E-state index in [1.54, 1.807) is 17.1 Å². The van der Waals surface area contributed by atoms with E-state index in [2.05, 4.69) is 28.9 Å². The van der Waals surface area contributed by atoms with Crippen molar-refractivity contribution in [3.63, 3.8) is 0 Å². The predicted molar refractivity (Wildman–Crippen MR) is 87.9 cm³/mol. The Morgan fingerprint density at radius 3 is 2.70 bits per heavy atom. The minimum absolute atomic E-state index is 0.0784. The van der Waals surface area contributed by atoms with Crippen molar-refractivity contribution in [3.8, 4) is 11.1 Å². The standard InChI is InChI=1S/C17H19N5O/c1-13(2)9-22-16(19-11-20-22)10-21-12-18-8-15(17(21)23)14-6-4-3-5-7-14/h3-8,11-13H,9-10H2,1-2H3. The zero-order valence-electron chi connectivity index (χ0n) is 13.3. The molecular formula is C17H19N5O. The van der Waals surface area contributed by atoms with Crippen LogP contribution in [0.2, 0.25) is 0 Å².